The average Bonchev–Trinajstić information content (AvgIpc) is 2.88. The first-order chi connectivity index (χ1) is 9.09. The van der Waals surface area contributed by atoms with E-state index in [2.05, 4.69) is 10.6 Å². The van der Waals surface area contributed by atoms with Gasteiger partial charge in [-0.2, -0.15) is 0 Å². The molecule has 0 aromatic rings. The van der Waals surface area contributed by atoms with E-state index in [4.69, 9.17) is 5.11 Å². The number of amides is 2. The Morgan fingerprint density at radius 1 is 1.16 bits per heavy atom. The number of hydrogen-bond donors (Lipinski definition) is 3. The molecule has 0 aromatic heterocycles. The summed E-state index contributed by atoms with van der Waals surface area (Å²) in [6.45, 7) is 0.505. The van der Waals surface area contributed by atoms with E-state index in [0.717, 1.165) is 31.8 Å². The van der Waals surface area contributed by atoms with Crippen LogP contribution < -0.4 is 10.6 Å². The number of carbonyl (C=O) groups is 3. The van der Waals surface area contributed by atoms with Crippen LogP contribution in [0.25, 0.3) is 0 Å². The van der Waals surface area contributed by atoms with Crippen molar-refractivity contribution in [3.05, 3.63) is 12.2 Å². The molecule has 1 rings (SSSR count). The van der Waals surface area contributed by atoms with Gasteiger partial charge in [0.25, 0.3) is 0 Å². The molecule has 0 bridgehead atoms. The number of carboxylic acids is 1. The highest BCUT2D eigenvalue weighted by Gasteiger charge is 2.22. The van der Waals surface area contributed by atoms with Crippen molar-refractivity contribution in [2.75, 3.05) is 13.1 Å². The largest absolute Gasteiger partial charge is 0.478 e. The van der Waals surface area contributed by atoms with Gasteiger partial charge in [0.05, 0.1) is 0 Å². The van der Waals surface area contributed by atoms with Crippen LogP contribution in [0.4, 0.5) is 0 Å². The minimum Gasteiger partial charge on any atom is -0.478 e. The lowest BCUT2D eigenvalue weighted by atomic mass is 10.1. The van der Waals surface area contributed by atoms with Crippen LogP contribution in [0.2, 0.25) is 0 Å². The fraction of sp³-hybridized carbons (Fsp3) is 0.615. The second kappa shape index (κ2) is 8.29. The molecule has 19 heavy (non-hydrogen) atoms. The first-order valence-electron chi connectivity index (χ1n) is 6.53. The molecule has 1 aliphatic carbocycles. The van der Waals surface area contributed by atoms with Crippen molar-refractivity contribution in [2.24, 2.45) is 5.92 Å². The Hall–Kier alpha value is -1.85. The fourth-order valence-electron chi connectivity index (χ4n) is 2.05. The van der Waals surface area contributed by atoms with Crippen LogP contribution in [0, 0.1) is 5.92 Å². The highest BCUT2D eigenvalue weighted by Crippen LogP contribution is 2.24. The van der Waals surface area contributed by atoms with Crippen LogP contribution in [-0.4, -0.2) is 36.0 Å². The molecule has 0 heterocycles. The third-order valence-corrected chi connectivity index (χ3v) is 3.05. The van der Waals surface area contributed by atoms with Crippen molar-refractivity contribution in [1.29, 1.82) is 0 Å². The summed E-state index contributed by atoms with van der Waals surface area (Å²) in [5.74, 6) is -1.10. The van der Waals surface area contributed by atoms with Gasteiger partial charge in [0.15, 0.2) is 0 Å². The van der Waals surface area contributed by atoms with Gasteiger partial charge in [0.1, 0.15) is 0 Å². The molecule has 0 unspecified atom stereocenters. The molecule has 6 heteroatoms. The predicted molar refractivity (Wildman–Crippen MR) is 69.4 cm³/mol. The zero-order valence-corrected chi connectivity index (χ0v) is 10.9. The quantitative estimate of drug-likeness (QED) is 0.584. The minimum atomic E-state index is -1.04. The van der Waals surface area contributed by atoms with Crippen molar-refractivity contribution in [3.8, 4) is 0 Å². The minimum absolute atomic E-state index is 0.0380. The van der Waals surface area contributed by atoms with Gasteiger partial charge in [-0.05, 0) is 12.8 Å². The van der Waals surface area contributed by atoms with Crippen LogP contribution >= 0.6 is 0 Å². The first-order valence-corrected chi connectivity index (χ1v) is 6.53. The van der Waals surface area contributed by atoms with E-state index >= 15 is 0 Å². The number of hydrogen-bond acceptors (Lipinski definition) is 3. The second-order valence-electron chi connectivity index (χ2n) is 4.57. The molecule has 0 aliphatic heterocycles. The van der Waals surface area contributed by atoms with E-state index in [1.807, 2.05) is 0 Å². The number of carbonyl (C=O) groups excluding carboxylic acids is 2. The molecule has 0 spiro atoms. The molecule has 0 saturated heterocycles. The van der Waals surface area contributed by atoms with E-state index in [9.17, 15) is 14.4 Å². The number of nitrogens with one attached hydrogen (secondary N) is 2. The summed E-state index contributed by atoms with van der Waals surface area (Å²) in [6.07, 6.45) is 6.64. The Balaban J connectivity index is 2.06. The molecule has 1 saturated carbocycles. The van der Waals surface area contributed by atoms with Crippen molar-refractivity contribution in [2.45, 2.75) is 32.1 Å². The van der Waals surface area contributed by atoms with E-state index in [1.54, 1.807) is 0 Å². The van der Waals surface area contributed by atoms with E-state index in [1.165, 1.54) is 6.08 Å². The summed E-state index contributed by atoms with van der Waals surface area (Å²) in [6, 6.07) is 0. The molecule has 0 aromatic carbocycles. The lowest BCUT2D eigenvalue weighted by molar-refractivity contribution is -0.131. The number of rotatable bonds is 7. The van der Waals surface area contributed by atoms with Gasteiger partial charge < -0.3 is 15.7 Å². The average molecular weight is 268 g/mol. The van der Waals surface area contributed by atoms with Crippen LogP contribution in [-0.2, 0) is 14.4 Å². The zero-order valence-electron chi connectivity index (χ0n) is 10.9. The van der Waals surface area contributed by atoms with Crippen LogP contribution in [0.3, 0.4) is 0 Å². The first kappa shape index (κ1) is 15.2. The summed E-state index contributed by atoms with van der Waals surface area (Å²) < 4.78 is 0. The van der Waals surface area contributed by atoms with E-state index in [0.29, 0.717) is 6.54 Å². The summed E-state index contributed by atoms with van der Waals surface area (Å²) in [7, 11) is 0. The Morgan fingerprint density at radius 2 is 1.84 bits per heavy atom. The second-order valence-corrected chi connectivity index (χ2v) is 4.57. The molecule has 106 valence electrons. The SMILES string of the molecule is O=C(O)/C=C/CNC(=O)CCNC(=O)C1CCCC1. The predicted octanol–water partition coefficient (Wildman–Crippen LogP) is 0.440. The monoisotopic (exact) mass is 268 g/mol. The molecule has 1 aliphatic rings. The van der Waals surface area contributed by atoms with Crippen LogP contribution in [0.5, 0.6) is 0 Å². The molecule has 6 nitrogen and oxygen atoms in total. The molecular weight excluding hydrogens is 248 g/mol. The van der Waals surface area contributed by atoms with Gasteiger partial charge in [-0.15, -0.1) is 0 Å². The van der Waals surface area contributed by atoms with Crippen molar-refractivity contribution in [1.82, 2.24) is 10.6 Å². The topological polar surface area (TPSA) is 95.5 Å². The summed E-state index contributed by atoms with van der Waals surface area (Å²) in [5.41, 5.74) is 0. The van der Waals surface area contributed by atoms with Gasteiger partial charge in [-0.25, -0.2) is 4.79 Å². The third kappa shape index (κ3) is 6.59. The maximum atomic E-state index is 11.6. The Kier molecular flexibility index (Phi) is 6.63. The smallest absolute Gasteiger partial charge is 0.328 e. The van der Waals surface area contributed by atoms with Gasteiger partial charge in [0, 0.05) is 31.5 Å². The molecule has 0 radical (unpaired) electrons. The Morgan fingerprint density at radius 3 is 2.47 bits per heavy atom. The maximum Gasteiger partial charge on any atom is 0.328 e. The van der Waals surface area contributed by atoms with Gasteiger partial charge >= 0.3 is 5.97 Å². The highest BCUT2D eigenvalue weighted by atomic mass is 16.4. The highest BCUT2D eigenvalue weighted by molar-refractivity contribution is 5.81. The third-order valence-electron chi connectivity index (χ3n) is 3.05. The van der Waals surface area contributed by atoms with Crippen LogP contribution in [0.15, 0.2) is 12.2 Å². The fourth-order valence-corrected chi connectivity index (χ4v) is 2.05. The standard InChI is InChI=1S/C13H20N2O4/c16-11(14-8-3-6-12(17)18)7-9-15-13(19)10-4-1-2-5-10/h3,6,10H,1-2,4-5,7-9H2,(H,14,16)(H,15,19)(H,17,18)/b6-3+. The van der Waals surface area contributed by atoms with E-state index < -0.39 is 5.97 Å². The lowest BCUT2D eigenvalue weighted by Crippen LogP contribution is -2.33. The summed E-state index contributed by atoms with van der Waals surface area (Å²) >= 11 is 0. The molecule has 3 N–H and O–H groups in total. The lowest BCUT2D eigenvalue weighted by Gasteiger charge is -2.09. The van der Waals surface area contributed by atoms with Gasteiger partial charge in [-0.1, -0.05) is 18.9 Å². The summed E-state index contributed by atoms with van der Waals surface area (Å²) in [5, 5.41) is 13.6. The van der Waals surface area contributed by atoms with Crippen LogP contribution in [0.1, 0.15) is 32.1 Å². The number of aliphatic carboxylic acids is 1. The van der Waals surface area contributed by atoms with Gasteiger partial charge in [0.2, 0.25) is 11.8 Å². The van der Waals surface area contributed by atoms with Crippen molar-refractivity contribution >= 4 is 17.8 Å². The molecular formula is C13H20N2O4. The Bertz CT molecular complexity index is 360. The normalized spacial score (nSPS) is 15.6. The number of carboxylic acid groups (broad SMARTS) is 1. The molecule has 0 atom stereocenters. The van der Waals surface area contributed by atoms with Gasteiger partial charge in [-0.3, -0.25) is 9.59 Å². The molecule has 1 fully saturated rings. The zero-order chi connectivity index (χ0) is 14.1. The van der Waals surface area contributed by atoms with Crippen molar-refractivity contribution in [3.63, 3.8) is 0 Å². The summed E-state index contributed by atoms with van der Waals surface area (Å²) in [4.78, 5) is 33.2. The molecule has 2 amide bonds. The van der Waals surface area contributed by atoms with E-state index in [-0.39, 0.29) is 30.7 Å². The maximum absolute atomic E-state index is 11.6. The van der Waals surface area contributed by atoms with Crippen molar-refractivity contribution < 1.29 is 19.5 Å². The Labute approximate surface area is 112 Å².